The van der Waals surface area contributed by atoms with Gasteiger partial charge in [-0.3, -0.25) is 0 Å². The smallest absolute Gasteiger partial charge is 0.212 e. The van der Waals surface area contributed by atoms with E-state index in [-0.39, 0.29) is 5.75 Å². The summed E-state index contributed by atoms with van der Waals surface area (Å²) in [6, 6.07) is 4.99. The average molecular weight is 336 g/mol. The first-order valence-corrected chi connectivity index (χ1v) is 9.27. The summed E-state index contributed by atoms with van der Waals surface area (Å²) in [5.41, 5.74) is 0.682. The molecule has 0 amide bonds. The van der Waals surface area contributed by atoms with Gasteiger partial charge in [0.1, 0.15) is 0 Å². The minimum absolute atomic E-state index is 0.0100. The molecule has 1 aromatic carbocycles. The maximum Gasteiger partial charge on any atom is 0.218 e. The van der Waals surface area contributed by atoms with Gasteiger partial charge >= 0.3 is 0 Å². The molecule has 112 valence electrons. The Morgan fingerprint density at radius 2 is 1.55 bits per heavy atom. The molecule has 0 aromatic heterocycles. The lowest BCUT2D eigenvalue weighted by Crippen LogP contribution is -2.34. The predicted molar refractivity (Wildman–Crippen MR) is 83.7 cm³/mol. The van der Waals surface area contributed by atoms with E-state index >= 15 is 0 Å². The fourth-order valence-electron chi connectivity index (χ4n) is 2.43. The normalized spacial score (nSPS) is 18.5. The lowest BCUT2D eigenvalue weighted by Gasteiger charge is -2.24. The molecular formula is C14H19Cl2NO2S. The highest BCUT2D eigenvalue weighted by Crippen LogP contribution is 2.24. The summed E-state index contributed by atoms with van der Waals surface area (Å²) >= 11 is 11.8. The first-order chi connectivity index (χ1) is 9.49. The van der Waals surface area contributed by atoms with Crippen molar-refractivity contribution < 1.29 is 8.42 Å². The standard InChI is InChI=1S/C14H19Cl2NO2S/c15-13-7-6-12(10-14(13)16)11-20(18,19)17-8-4-2-1-3-5-9-17/h6-7,10H,1-5,8-9,11H2. The van der Waals surface area contributed by atoms with E-state index in [4.69, 9.17) is 23.2 Å². The largest absolute Gasteiger partial charge is 0.218 e. The molecule has 0 atom stereocenters. The van der Waals surface area contributed by atoms with Crippen LogP contribution in [-0.2, 0) is 15.8 Å². The second kappa shape index (κ2) is 7.12. The Morgan fingerprint density at radius 3 is 2.15 bits per heavy atom. The average Bonchev–Trinajstić information content (AvgIpc) is 2.32. The highest BCUT2D eigenvalue weighted by Gasteiger charge is 2.23. The lowest BCUT2D eigenvalue weighted by atomic mass is 10.1. The number of hydrogen-bond donors (Lipinski definition) is 0. The van der Waals surface area contributed by atoms with Crippen LogP contribution in [0.3, 0.4) is 0 Å². The van der Waals surface area contributed by atoms with Crippen LogP contribution in [0, 0.1) is 0 Å². The van der Waals surface area contributed by atoms with Gasteiger partial charge in [0.2, 0.25) is 10.0 Å². The number of sulfonamides is 1. The summed E-state index contributed by atoms with van der Waals surface area (Å²) in [5, 5.41) is 0.839. The van der Waals surface area contributed by atoms with E-state index in [1.54, 1.807) is 22.5 Å². The third-order valence-corrected chi connectivity index (χ3v) is 6.13. The van der Waals surface area contributed by atoms with Gasteiger partial charge in [-0.15, -0.1) is 0 Å². The fourth-order valence-corrected chi connectivity index (χ4v) is 4.35. The fraction of sp³-hybridized carbons (Fsp3) is 0.571. The van der Waals surface area contributed by atoms with E-state index in [0.717, 1.165) is 25.7 Å². The highest BCUT2D eigenvalue weighted by molar-refractivity contribution is 7.88. The van der Waals surface area contributed by atoms with Gasteiger partial charge in [-0.25, -0.2) is 12.7 Å². The highest BCUT2D eigenvalue weighted by atomic mass is 35.5. The maximum absolute atomic E-state index is 12.5. The second-order valence-corrected chi connectivity index (χ2v) is 7.95. The Bertz CT molecular complexity index is 552. The molecule has 0 aliphatic carbocycles. The Labute approximate surface area is 130 Å². The molecule has 0 spiro atoms. The Hall–Kier alpha value is -0.290. The minimum Gasteiger partial charge on any atom is -0.212 e. The zero-order valence-corrected chi connectivity index (χ0v) is 13.6. The predicted octanol–water partition coefficient (Wildman–Crippen LogP) is 4.09. The number of rotatable bonds is 3. The van der Waals surface area contributed by atoms with Crippen LogP contribution in [0.25, 0.3) is 0 Å². The Balaban J connectivity index is 2.10. The number of benzene rings is 1. The zero-order chi connectivity index (χ0) is 14.6. The molecule has 0 N–H and O–H groups in total. The van der Waals surface area contributed by atoms with Crippen LogP contribution >= 0.6 is 23.2 Å². The first-order valence-electron chi connectivity index (χ1n) is 6.91. The molecule has 0 saturated carbocycles. The van der Waals surface area contributed by atoms with E-state index in [2.05, 4.69) is 0 Å². The summed E-state index contributed by atoms with van der Waals surface area (Å²) < 4.78 is 26.6. The van der Waals surface area contributed by atoms with E-state index < -0.39 is 10.0 Å². The van der Waals surface area contributed by atoms with Crippen molar-refractivity contribution in [3.05, 3.63) is 33.8 Å². The van der Waals surface area contributed by atoms with Crippen LogP contribution < -0.4 is 0 Å². The van der Waals surface area contributed by atoms with Crippen molar-refractivity contribution in [2.24, 2.45) is 0 Å². The van der Waals surface area contributed by atoms with Crippen LogP contribution in [0.1, 0.15) is 37.7 Å². The summed E-state index contributed by atoms with van der Waals surface area (Å²) in [4.78, 5) is 0. The molecule has 1 aliphatic heterocycles. The molecule has 2 rings (SSSR count). The molecule has 6 heteroatoms. The second-order valence-electron chi connectivity index (χ2n) is 5.17. The quantitative estimate of drug-likeness (QED) is 0.834. The molecule has 20 heavy (non-hydrogen) atoms. The minimum atomic E-state index is -3.27. The van der Waals surface area contributed by atoms with Gasteiger partial charge in [0.25, 0.3) is 0 Å². The molecule has 1 fully saturated rings. The van der Waals surface area contributed by atoms with Gasteiger partial charge in [0.05, 0.1) is 15.8 Å². The van der Waals surface area contributed by atoms with Crippen molar-refractivity contribution in [1.82, 2.24) is 4.31 Å². The van der Waals surface area contributed by atoms with E-state index in [0.29, 0.717) is 28.7 Å². The van der Waals surface area contributed by atoms with Gasteiger partial charge in [0.15, 0.2) is 0 Å². The molecule has 3 nitrogen and oxygen atoms in total. The molecule has 1 aliphatic rings. The third-order valence-electron chi connectivity index (χ3n) is 3.54. The van der Waals surface area contributed by atoms with E-state index in [1.807, 2.05) is 0 Å². The molecule has 0 unspecified atom stereocenters. The lowest BCUT2D eigenvalue weighted by molar-refractivity contribution is 0.364. The summed E-state index contributed by atoms with van der Waals surface area (Å²) in [6.07, 6.45) is 5.32. The van der Waals surface area contributed by atoms with Crippen molar-refractivity contribution in [1.29, 1.82) is 0 Å². The summed E-state index contributed by atoms with van der Waals surface area (Å²) in [5.74, 6) is -0.0100. The van der Waals surface area contributed by atoms with Crippen LogP contribution in [0.5, 0.6) is 0 Å². The molecule has 0 radical (unpaired) electrons. The van der Waals surface area contributed by atoms with Crippen LogP contribution in [0.2, 0.25) is 10.0 Å². The van der Waals surface area contributed by atoms with Crippen molar-refractivity contribution in [2.75, 3.05) is 13.1 Å². The molecule has 1 heterocycles. The van der Waals surface area contributed by atoms with Crippen LogP contribution in [-0.4, -0.2) is 25.8 Å². The van der Waals surface area contributed by atoms with Gasteiger partial charge in [0, 0.05) is 13.1 Å². The van der Waals surface area contributed by atoms with Gasteiger partial charge in [-0.2, -0.15) is 0 Å². The number of nitrogens with zero attached hydrogens (tertiary/aromatic N) is 1. The van der Waals surface area contributed by atoms with Gasteiger partial charge in [-0.1, -0.05) is 48.5 Å². The van der Waals surface area contributed by atoms with Crippen LogP contribution in [0.15, 0.2) is 18.2 Å². The van der Waals surface area contributed by atoms with Crippen molar-refractivity contribution in [2.45, 2.75) is 37.9 Å². The topological polar surface area (TPSA) is 37.4 Å². The monoisotopic (exact) mass is 335 g/mol. The molecule has 1 aromatic rings. The molecule has 1 saturated heterocycles. The number of halogens is 2. The van der Waals surface area contributed by atoms with Crippen molar-refractivity contribution in [3.63, 3.8) is 0 Å². The van der Waals surface area contributed by atoms with Crippen LogP contribution in [0.4, 0.5) is 0 Å². The number of hydrogen-bond acceptors (Lipinski definition) is 2. The third kappa shape index (κ3) is 4.35. The Morgan fingerprint density at radius 1 is 0.950 bits per heavy atom. The van der Waals surface area contributed by atoms with Gasteiger partial charge in [-0.05, 0) is 30.5 Å². The van der Waals surface area contributed by atoms with Crippen molar-refractivity contribution in [3.8, 4) is 0 Å². The summed E-state index contributed by atoms with van der Waals surface area (Å²) in [6.45, 7) is 1.26. The zero-order valence-electron chi connectivity index (χ0n) is 11.3. The van der Waals surface area contributed by atoms with E-state index in [9.17, 15) is 8.42 Å². The summed E-state index contributed by atoms with van der Waals surface area (Å²) in [7, 11) is -3.27. The molecular weight excluding hydrogens is 317 g/mol. The van der Waals surface area contributed by atoms with E-state index in [1.165, 1.54) is 6.42 Å². The SMILES string of the molecule is O=S(=O)(Cc1ccc(Cl)c(Cl)c1)N1CCCCCCC1. The van der Waals surface area contributed by atoms with Gasteiger partial charge < -0.3 is 0 Å². The molecule has 0 bridgehead atoms. The van der Waals surface area contributed by atoms with Crippen molar-refractivity contribution >= 4 is 33.2 Å². The maximum atomic E-state index is 12.5. The Kier molecular flexibility index (Phi) is 5.73. The first kappa shape index (κ1) is 16.1.